The first kappa shape index (κ1) is 15.5. The van der Waals surface area contributed by atoms with E-state index in [1.54, 1.807) is 43.3 Å². The van der Waals surface area contributed by atoms with Crippen molar-refractivity contribution in [2.24, 2.45) is 0 Å². The molecule has 0 amide bonds. The molecule has 0 aliphatic rings. The lowest BCUT2D eigenvalue weighted by molar-refractivity contribution is 0.104. The third kappa shape index (κ3) is 3.41. The van der Waals surface area contributed by atoms with Crippen LogP contribution in [0.25, 0.3) is 0 Å². The van der Waals surface area contributed by atoms with Gasteiger partial charge in [0.2, 0.25) is 0 Å². The Balaban J connectivity index is 2.32. The van der Waals surface area contributed by atoms with Crippen LogP contribution < -0.4 is 4.52 Å². The zero-order valence-electron chi connectivity index (χ0n) is 11.9. The van der Waals surface area contributed by atoms with Crippen molar-refractivity contribution in [3.05, 3.63) is 65.2 Å². The molecule has 2 aromatic rings. The Morgan fingerprint density at radius 1 is 1.14 bits per heavy atom. The summed E-state index contributed by atoms with van der Waals surface area (Å²) in [6.45, 7) is 3.63. The molecule has 1 N–H and O–H groups in total. The van der Waals surface area contributed by atoms with Crippen LogP contribution in [0.1, 0.15) is 28.4 Å². The Labute approximate surface area is 123 Å². The van der Waals surface area contributed by atoms with Gasteiger partial charge < -0.3 is 9.42 Å². The van der Waals surface area contributed by atoms with Crippen LogP contribution in [-0.4, -0.2) is 10.4 Å². The van der Waals surface area contributed by atoms with Crippen molar-refractivity contribution in [3.63, 3.8) is 0 Å². The largest absolute Gasteiger partial charge is 0.448 e. The molecule has 0 radical (unpaired) electrons. The Bertz CT molecular complexity index is 709. The van der Waals surface area contributed by atoms with E-state index >= 15 is 0 Å². The highest BCUT2D eigenvalue weighted by Gasteiger charge is 2.34. The quantitative estimate of drug-likeness (QED) is 0.849. The molecule has 0 saturated heterocycles. The van der Waals surface area contributed by atoms with Crippen LogP contribution in [0, 0.1) is 6.92 Å². The van der Waals surface area contributed by atoms with Gasteiger partial charge in [-0.05, 0) is 30.5 Å². The third-order valence-electron chi connectivity index (χ3n) is 3.21. The van der Waals surface area contributed by atoms with Crippen molar-refractivity contribution < 1.29 is 18.8 Å². The van der Waals surface area contributed by atoms with Gasteiger partial charge >= 0.3 is 7.60 Å². The number of hydrogen-bond acceptors (Lipinski definition) is 3. The van der Waals surface area contributed by atoms with Crippen molar-refractivity contribution in [1.29, 1.82) is 0 Å². The number of benzene rings is 2. The van der Waals surface area contributed by atoms with Crippen molar-refractivity contribution in [3.8, 4) is 5.75 Å². The predicted octanol–water partition coefficient (Wildman–Crippen LogP) is 3.96. The minimum absolute atomic E-state index is 0.206. The average molecular weight is 304 g/mol. The summed E-state index contributed by atoms with van der Waals surface area (Å²) in [6.07, 6.45) is 0.648. The van der Waals surface area contributed by atoms with Crippen molar-refractivity contribution in [2.45, 2.75) is 20.3 Å². The molecule has 0 heterocycles. The molecule has 5 heteroatoms. The maximum Gasteiger partial charge on any atom is 0.448 e. The summed E-state index contributed by atoms with van der Waals surface area (Å²) < 4.78 is 17.4. The smallest absolute Gasteiger partial charge is 0.419 e. The molecule has 1 atom stereocenters. The summed E-state index contributed by atoms with van der Waals surface area (Å²) >= 11 is 0. The van der Waals surface area contributed by atoms with Gasteiger partial charge in [0, 0.05) is 5.56 Å². The molecule has 2 aromatic carbocycles. The van der Waals surface area contributed by atoms with Crippen LogP contribution in [0.5, 0.6) is 5.75 Å². The second kappa shape index (κ2) is 6.25. The van der Waals surface area contributed by atoms with E-state index in [1.165, 1.54) is 6.07 Å². The summed E-state index contributed by atoms with van der Waals surface area (Å²) in [5.74, 6) is 0.271. The lowest BCUT2D eigenvalue weighted by Crippen LogP contribution is -2.08. The summed E-state index contributed by atoms with van der Waals surface area (Å²) in [7, 11) is -4.43. The fourth-order valence-electron chi connectivity index (χ4n) is 2.02. The fourth-order valence-corrected chi connectivity index (χ4v) is 3.11. The van der Waals surface area contributed by atoms with Crippen LogP contribution in [0.15, 0.2) is 48.5 Å². The van der Waals surface area contributed by atoms with E-state index in [0.29, 0.717) is 12.0 Å². The maximum atomic E-state index is 12.3. The third-order valence-corrected chi connectivity index (χ3v) is 4.41. The first-order valence-electron chi connectivity index (χ1n) is 6.66. The number of aryl methyl sites for hydroxylation is 2. The Kier molecular flexibility index (Phi) is 4.61. The molecule has 0 bridgehead atoms. The molecular weight excluding hydrogens is 287 g/mol. The molecule has 110 valence electrons. The molecule has 0 fully saturated rings. The maximum absolute atomic E-state index is 12.3. The predicted molar refractivity (Wildman–Crippen MR) is 81.8 cm³/mol. The van der Waals surface area contributed by atoms with E-state index in [9.17, 15) is 14.3 Å². The Morgan fingerprint density at radius 3 is 2.43 bits per heavy atom. The summed E-state index contributed by atoms with van der Waals surface area (Å²) in [5, 5.41) is 0. The molecule has 2 rings (SSSR count). The second-order valence-electron chi connectivity index (χ2n) is 4.69. The molecule has 1 unspecified atom stereocenters. The van der Waals surface area contributed by atoms with Crippen LogP contribution in [0.3, 0.4) is 0 Å². The van der Waals surface area contributed by atoms with Crippen molar-refractivity contribution >= 4 is 13.1 Å². The minimum Gasteiger partial charge on any atom is -0.419 e. The van der Waals surface area contributed by atoms with Crippen molar-refractivity contribution in [1.82, 2.24) is 0 Å². The van der Waals surface area contributed by atoms with E-state index < -0.39 is 13.1 Å². The van der Waals surface area contributed by atoms with Crippen LogP contribution in [0.4, 0.5) is 0 Å². The first-order valence-corrected chi connectivity index (χ1v) is 8.24. The lowest BCUT2D eigenvalue weighted by atomic mass is 10.1. The SMILES string of the molecule is CCc1ccccc1OP(=O)(O)C(=O)c1ccccc1C. The van der Waals surface area contributed by atoms with Gasteiger partial charge in [0.25, 0.3) is 5.52 Å². The van der Waals surface area contributed by atoms with Gasteiger partial charge in [-0.3, -0.25) is 4.79 Å². The standard InChI is InChI=1S/C16H17O4P/c1-3-13-9-5-7-11-15(13)20-21(18,19)16(17)14-10-6-4-8-12(14)2/h4-11H,3H2,1-2H3,(H,18,19). The molecule has 0 aliphatic carbocycles. The molecule has 0 saturated carbocycles. The molecule has 4 nitrogen and oxygen atoms in total. The van der Waals surface area contributed by atoms with E-state index in [4.69, 9.17) is 4.52 Å². The Morgan fingerprint density at radius 2 is 1.76 bits per heavy atom. The number of hydrogen-bond donors (Lipinski definition) is 1. The number of para-hydroxylation sites is 1. The zero-order chi connectivity index (χ0) is 15.5. The van der Waals surface area contributed by atoms with Crippen LogP contribution in [0.2, 0.25) is 0 Å². The second-order valence-corrected chi connectivity index (χ2v) is 6.32. The van der Waals surface area contributed by atoms with Gasteiger partial charge in [0.05, 0.1) is 0 Å². The number of carbonyl (C=O) groups excluding carboxylic acids is 1. The Hall–Kier alpha value is -1.90. The topological polar surface area (TPSA) is 63.6 Å². The van der Waals surface area contributed by atoms with Gasteiger partial charge in [-0.2, -0.15) is 0 Å². The van der Waals surface area contributed by atoms with E-state index in [-0.39, 0.29) is 11.3 Å². The average Bonchev–Trinajstić information content (AvgIpc) is 2.47. The molecule has 0 aliphatic heterocycles. The number of rotatable bonds is 5. The molecule has 0 spiro atoms. The van der Waals surface area contributed by atoms with E-state index in [1.807, 2.05) is 13.0 Å². The summed E-state index contributed by atoms with van der Waals surface area (Å²) in [6, 6.07) is 13.6. The molecule has 0 aromatic heterocycles. The minimum atomic E-state index is -4.43. The first-order chi connectivity index (χ1) is 9.95. The van der Waals surface area contributed by atoms with Gasteiger partial charge in [-0.1, -0.05) is 49.4 Å². The highest BCUT2D eigenvalue weighted by molar-refractivity contribution is 7.72. The van der Waals surface area contributed by atoms with E-state index in [0.717, 1.165) is 5.56 Å². The summed E-state index contributed by atoms with van der Waals surface area (Å²) in [4.78, 5) is 22.3. The molecular formula is C16H17O4P. The van der Waals surface area contributed by atoms with E-state index in [2.05, 4.69) is 0 Å². The highest BCUT2D eigenvalue weighted by Crippen LogP contribution is 2.47. The molecule has 21 heavy (non-hydrogen) atoms. The van der Waals surface area contributed by atoms with Gasteiger partial charge in [-0.15, -0.1) is 0 Å². The van der Waals surface area contributed by atoms with Crippen LogP contribution in [-0.2, 0) is 11.0 Å². The number of carbonyl (C=O) groups is 1. The van der Waals surface area contributed by atoms with Gasteiger partial charge in [-0.25, -0.2) is 4.57 Å². The van der Waals surface area contributed by atoms with Crippen molar-refractivity contribution in [2.75, 3.05) is 0 Å². The fraction of sp³-hybridized carbons (Fsp3) is 0.188. The van der Waals surface area contributed by atoms with Gasteiger partial charge in [0.15, 0.2) is 0 Å². The normalized spacial score (nSPS) is 13.5. The van der Waals surface area contributed by atoms with Crippen LogP contribution >= 0.6 is 7.60 Å². The highest BCUT2D eigenvalue weighted by atomic mass is 31.2. The van der Waals surface area contributed by atoms with Gasteiger partial charge in [0.1, 0.15) is 5.75 Å². The zero-order valence-corrected chi connectivity index (χ0v) is 12.8. The lowest BCUT2D eigenvalue weighted by Gasteiger charge is -2.15. The monoisotopic (exact) mass is 304 g/mol. The summed E-state index contributed by atoms with van der Waals surface area (Å²) in [5.41, 5.74) is 0.748.